The van der Waals surface area contributed by atoms with Gasteiger partial charge in [0.2, 0.25) is 0 Å². The van der Waals surface area contributed by atoms with Crippen molar-refractivity contribution in [2.24, 2.45) is 17.6 Å². The van der Waals surface area contributed by atoms with Crippen LogP contribution in [0.1, 0.15) is 19.8 Å². The Balaban J connectivity index is 1.75. The van der Waals surface area contributed by atoms with Gasteiger partial charge >= 0.3 is 0 Å². The van der Waals surface area contributed by atoms with Crippen LogP contribution in [0.25, 0.3) is 0 Å². The number of piperidine rings is 1. The third-order valence-electron chi connectivity index (χ3n) is 3.64. The fourth-order valence-electron chi connectivity index (χ4n) is 2.43. The summed E-state index contributed by atoms with van der Waals surface area (Å²) in [5.41, 5.74) is 6.07. The van der Waals surface area contributed by atoms with E-state index in [9.17, 15) is 0 Å². The van der Waals surface area contributed by atoms with Gasteiger partial charge in [0.05, 0.1) is 6.61 Å². The number of hydrogen-bond acceptors (Lipinski definition) is 3. The van der Waals surface area contributed by atoms with Gasteiger partial charge in [-0.25, -0.2) is 0 Å². The summed E-state index contributed by atoms with van der Waals surface area (Å²) < 4.78 is 5.39. The molecule has 0 aliphatic carbocycles. The van der Waals surface area contributed by atoms with E-state index in [0.717, 1.165) is 25.7 Å². The molecule has 0 saturated carbocycles. The van der Waals surface area contributed by atoms with Crippen molar-refractivity contribution in [1.29, 1.82) is 0 Å². The van der Waals surface area contributed by atoms with Crippen LogP contribution < -0.4 is 5.73 Å². The van der Waals surface area contributed by atoms with Gasteiger partial charge in [0, 0.05) is 25.7 Å². The average molecular weight is 198 g/mol. The lowest BCUT2D eigenvalue weighted by atomic mass is 9.93. The molecular weight excluding hydrogens is 176 g/mol. The van der Waals surface area contributed by atoms with Crippen molar-refractivity contribution in [3.8, 4) is 0 Å². The Hall–Kier alpha value is -0.120. The zero-order valence-electron chi connectivity index (χ0n) is 9.11. The molecule has 82 valence electrons. The maximum atomic E-state index is 6.07. The molecule has 2 heterocycles. The van der Waals surface area contributed by atoms with Gasteiger partial charge in [-0.2, -0.15) is 0 Å². The quantitative estimate of drug-likeness (QED) is 0.709. The largest absolute Gasteiger partial charge is 0.381 e. The van der Waals surface area contributed by atoms with Crippen molar-refractivity contribution in [3.63, 3.8) is 0 Å². The van der Waals surface area contributed by atoms with Crippen molar-refractivity contribution in [1.82, 2.24) is 4.90 Å². The van der Waals surface area contributed by atoms with Crippen molar-refractivity contribution in [3.05, 3.63) is 0 Å². The molecule has 2 aliphatic heterocycles. The van der Waals surface area contributed by atoms with Crippen molar-refractivity contribution in [2.75, 3.05) is 32.8 Å². The second-order valence-corrected chi connectivity index (χ2v) is 4.92. The van der Waals surface area contributed by atoms with E-state index in [1.165, 1.54) is 25.9 Å². The summed E-state index contributed by atoms with van der Waals surface area (Å²) in [4.78, 5) is 2.52. The molecular formula is C11H22N2O. The zero-order valence-corrected chi connectivity index (χ0v) is 9.11. The normalized spacial score (nSPS) is 40.3. The minimum absolute atomic E-state index is 0.381. The minimum Gasteiger partial charge on any atom is -0.381 e. The molecule has 3 heteroatoms. The van der Waals surface area contributed by atoms with Gasteiger partial charge in [-0.3, -0.25) is 0 Å². The predicted octanol–water partition coefficient (Wildman–Crippen LogP) is 0.692. The molecule has 2 fully saturated rings. The second kappa shape index (κ2) is 4.60. The summed E-state index contributed by atoms with van der Waals surface area (Å²) >= 11 is 0. The monoisotopic (exact) mass is 198 g/mol. The molecule has 2 aliphatic rings. The predicted molar refractivity (Wildman–Crippen MR) is 57.1 cm³/mol. The molecule has 0 aromatic rings. The maximum absolute atomic E-state index is 6.07. The highest BCUT2D eigenvalue weighted by Gasteiger charge is 2.26. The molecule has 2 saturated heterocycles. The second-order valence-electron chi connectivity index (χ2n) is 4.92. The van der Waals surface area contributed by atoms with E-state index in [0.29, 0.717) is 12.0 Å². The van der Waals surface area contributed by atoms with Crippen LogP contribution in [-0.4, -0.2) is 43.8 Å². The molecule has 2 rings (SSSR count). The van der Waals surface area contributed by atoms with E-state index in [1.54, 1.807) is 0 Å². The van der Waals surface area contributed by atoms with Crippen LogP contribution in [0, 0.1) is 11.8 Å². The van der Waals surface area contributed by atoms with Crippen LogP contribution >= 0.6 is 0 Å². The lowest BCUT2D eigenvalue weighted by molar-refractivity contribution is 0.132. The van der Waals surface area contributed by atoms with Crippen LogP contribution in [0.5, 0.6) is 0 Å². The summed E-state index contributed by atoms with van der Waals surface area (Å²) in [6.07, 6.45) is 2.50. The Bertz CT molecular complexity index is 180. The smallest absolute Gasteiger partial charge is 0.0507 e. The standard InChI is InChI=1S/C11H22N2O/c1-9-2-4-13(7-11(9)12)6-10-3-5-14-8-10/h9-11H,2-8,12H2,1H3. The van der Waals surface area contributed by atoms with Gasteiger partial charge < -0.3 is 15.4 Å². The van der Waals surface area contributed by atoms with Gasteiger partial charge in [-0.1, -0.05) is 6.92 Å². The van der Waals surface area contributed by atoms with E-state index in [2.05, 4.69) is 11.8 Å². The van der Waals surface area contributed by atoms with Crippen LogP contribution in [0.3, 0.4) is 0 Å². The Kier molecular flexibility index (Phi) is 3.42. The first-order valence-corrected chi connectivity index (χ1v) is 5.81. The van der Waals surface area contributed by atoms with E-state index >= 15 is 0 Å². The first-order valence-electron chi connectivity index (χ1n) is 5.81. The van der Waals surface area contributed by atoms with Gasteiger partial charge in [0.15, 0.2) is 0 Å². The molecule has 0 bridgehead atoms. The Morgan fingerprint density at radius 3 is 2.93 bits per heavy atom. The third kappa shape index (κ3) is 2.47. The molecule has 3 nitrogen and oxygen atoms in total. The average Bonchev–Trinajstić information content (AvgIpc) is 2.64. The summed E-state index contributed by atoms with van der Waals surface area (Å²) in [7, 11) is 0. The molecule has 0 spiro atoms. The summed E-state index contributed by atoms with van der Waals surface area (Å²) in [6.45, 7) is 7.69. The minimum atomic E-state index is 0.381. The van der Waals surface area contributed by atoms with E-state index in [4.69, 9.17) is 10.5 Å². The molecule has 14 heavy (non-hydrogen) atoms. The highest BCUT2D eigenvalue weighted by Crippen LogP contribution is 2.19. The van der Waals surface area contributed by atoms with Crippen LogP contribution in [0.15, 0.2) is 0 Å². The Morgan fingerprint density at radius 1 is 1.43 bits per heavy atom. The summed E-state index contributed by atoms with van der Waals surface area (Å²) in [6, 6.07) is 0.381. The molecule has 0 aromatic heterocycles. The fraction of sp³-hybridized carbons (Fsp3) is 1.00. The lowest BCUT2D eigenvalue weighted by Gasteiger charge is -2.36. The molecule has 3 unspecified atom stereocenters. The van der Waals surface area contributed by atoms with Crippen LogP contribution in [0.2, 0.25) is 0 Å². The maximum Gasteiger partial charge on any atom is 0.0507 e. The number of nitrogens with zero attached hydrogens (tertiary/aromatic N) is 1. The molecule has 0 amide bonds. The highest BCUT2D eigenvalue weighted by atomic mass is 16.5. The van der Waals surface area contributed by atoms with Crippen LogP contribution in [0.4, 0.5) is 0 Å². The van der Waals surface area contributed by atoms with E-state index in [-0.39, 0.29) is 0 Å². The van der Waals surface area contributed by atoms with E-state index in [1.807, 2.05) is 0 Å². The van der Waals surface area contributed by atoms with Crippen LogP contribution in [-0.2, 0) is 4.74 Å². The third-order valence-corrected chi connectivity index (χ3v) is 3.64. The van der Waals surface area contributed by atoms with Gasteiger partial charge in [-0.15, -0.1) is 0 Å². The molecule has 2 N–H and O–H groups in total. The summed E-state index contributed by atoms with van der Waals surface area (Å²) in [5, 5.41) is 0. The van der Waals surface area contributed by atoms with Gasteiger partial charge in [0.25, 0.3) is 0 Å². The first-order chi connectivity index (χ1) is 6.75. The molecule has 0 radical (unpaired) electrons. The lowest BCUT2D eigenvalue weighted by Crippen LogP contribution is -2.48. The Labute approximate surface area is 86.6 Å². The topological polar surface area (TPSA) is 38.5 Å². The molecule has 3 atom stereocenters. The van der Waals surface area contributed by atoms with Crippen molar-refractivity contribution in [2.45, 2.75) is 25.8 Å². The zero-order chi connectivity index (χ0) is 9.97. The number of ether oxygens (including phenoxy) is 1. The Morgan fingerprint density at radius 2 is 2.29 bits per heavy atom. The highest BCUT2D eigenvalue weighted by molar-refractivity contribution is 4.82. The van der Waals surface area contributed by atoms with Crippen molar-refractivity contribution >= 4 is 0 Å². The summed E-state index contributed by atoms with van der Waals surface area (Å²) in [5.74, 6) is 1.46. The number of hydrogen-bond donors (Lipinski definition) is 1. The van der Waals surface area contributed by atoms with Crippen molar-refractivity contribution < 1.29 is 4.74 Å². The fourth-order valence-corrected chi connectivity index (χ4v) is 2.43. The molecule has 0 aromatic carbocycles. The SMILES string of the molecule is CC1CCN(CC2CCOC2)CC1N. The number of likely N-dealkylation sites (tertiary alicyclic amines) is 1. The number of nitrogens with two attached hydrogens (primary N) is 1. The first kappa shape index (κ1) is 10.4. The van der Waals surface area contributed by atoms with Gasteiger partial charge in [-0.05, 0) is 31.2 Å². The van der Waals surface area contributed by atoms with Gasteiger partial charge in [0.1, 0.15) is 0 Å². The van der Waals surface area contributed by atoms with E-state index < -0.39 is 0 Å². The number of rotatable bonds is 2.